The Kier molecular flexibility index (Phi) is 7.21. The molecular weight excluding hydrogens is 260 g/mol. The largest absolute Gasteiger partial charge is 0.496 e. The fourth-order valence-electron chi connectivity index (χ4n) is 1.83. The molecule has 1 aromatic rings. The number of methoxy groups -OCH3 is 1. The lowest BCUT2D eigenvalue weighted by Crippen LogP contribution is -2.37. The van der Waals surface area contributed by atoms with Gasteiger partial charge in [0.05, 0.1) is 7.11 Å². The molecule has 1 rings (SSSR count). The molecular formula is C15H25ClN2O. The first kappa shape index (κ1) is 16.3. The molecule has 0 bridgehead atoms. The van der Waals surface area contributed by atoms with Crippen LogP contribution < -0.4 is 15.4 Å². The third kappa shape index (κ3) is 6.28. The molecule has 4 heteroatoms. The summed E-state index contributed by atoms with van der Waals surface area (Å²) in [6.07, 6.45) is 0. The molecule has 0 saturated carbocycles. The SMILES string of the molecule is COc1ccc(Cl)cc1CNC(C)CNCC(C)C. The van der Waals surface area contributed by atoms with Crippen molar-refractivity contribution in [2.24, 2.45) is 5.92 Å². The van der Waals surface area contributed by atoms with Gasteiger partial charge < -0.3 is 15.4 Å². The van der Waals surface area contributed by atoms with Crippen LogP contribution in [0.2, 0.25) is 5.02 Å². The second-order valence-corrected chi connectivity index (χ2v) is 5.73. The number of ether oxygens (including phenoxy) is 1. The monoisotopic (exact) mass is 284 g/mol. The number of benzene rings is 1. The summed E-state index contributed by atoms with van der Waals surface area (Å²) >= 11 is 6.01. The summed E-state index contributed by atoms with van der Waals surface area (Å²) in [5.41, 5.74) is 1.09. The van der Waals surface area contributed by atoms with Crippen LogP contribution in [-0.4, -0.2) is 26.2 Å². The van der Waals surface area contributed by atoms with Gasteiger partial charge in [0.2, 0.25) is 0 Å². The van der Waals surface area contributed by atoms with E-state index in [-0.39, 0.29) is 0 Å². The summed E-state index contributed by atoms with van der Waals surface area (Å²) in [5, 5.41) is 7.65. The summed E-state index contributed by atoms with van der Waals surface area (Å²) < 4.78 is 5.33. The number of rotatable bonds is 8. The minimum absolute atomic E-state index is 0.405. The van der Waals surface area contributed by atoms with E-state index in [9.17, 15) is 0 Å². The lowest BCUT2D eigenvalue weighted by molar-refractivity contribution is 0.404. The van der Waals surface area contributed by atoms with Crippen molar-refractivity contribution < 1.29 is 4.74 Å². The number of nitrogens with one attached hydrogen (secondary N) is 2. The average Bonchev–Trinajstić information content (AvgIpc) is 2.36. The quantitative estimate of drug-likeness (QED) is 0.770. The predicted molar refractivity (Wildman–Crippen MR) is 82.0 cm³/mol. The molecule has 1 aromatic carbocycles. The van der Waals surface area contributed by atoms with Crippen molar-refractivity contribution >= 4 is 11.6 Å². The second-order valence-electron chi connectivity index (χ2n) is 5.29. The minimum atomic E-state index is 0.405. The maximum atomic E-state index is 6.01. The molecule has 108 valence electrons. The van der Waals surface area contributed by atoms with Gasteiger partial charge in [-0.05, 0) is 37.6 Å². The van der Waals surface area contributed by atoms with Gasteiger partial charge in [0.15, 0.2) is 0 Å². The van der Waals surface area contributed by atoms with Crippen LogP contribution in [0.25, 0.3) is 0 Å². The van der Waals surface area contributed by atoms with Crippen LogP contribution in [0.1, 0.15) is 26.3 Å². The van der Waals surface area contributed by atoms with E-state index in [2.05, 4.69) is 31.4 Å². The van der Waals surface area contributed by atoms with E-state index in [0.717, 1.165) is 36.0 Å². The molecule has 2 N–H and O–H groups in total. The van der Waals surface area contributed by atoms with E-state index < -0.39 is 0 Å². The standard InChI is InChI=1S/C15H25ClN2O/c1-11(2)8-17-9-12(3)18-10-13-7-14(16)5-6-15(13)19-4/h5-7,11-12,17-18H,8-10H2,1-4H3. The molecule has 0 heterocycles. The van der Waals surface area contributed by atoms with Gasteiger partial charge in [0, 0.05) is 29.7 Å². The minimum Gasteiger partial charge on any atom is -0.496 e. The number of hydrogen-bond donors (Lipinski definition) is 2. The van der Waals surface area contributed by atoms with Crippen LogP contribution in [-0.2, 0) is 6.54 Å². The van der Waals surface area contributed by atoms with Gasteiger partial charge in [0.25, 0.3) is 0 Å². The van der Waals surface area contributed by atoms with Crippen LogP contribution in [0.5, 0.6) is 5.75 Å². The van der Waals surface area contributed by atoms with E-state index in [1.807, 2.05) is 18.2 Å². The van der Waals surface area contributed by atoms with Crippen molar-refractivity contribution in [3.05, 3.63) is 28.8 Å². The van der Waals surface area contributed by atoms with Gasteiger partial charge >= 0.3 is 0 Å². The van der Waals surface area contributed by atoms with Crippen molar-refractivity contribution in [3.63, 3.8) is 0 Å². The maximum absolute atomic E-state index is 6.01. The Bertz CT molecular complexity index is 382. The Morgan fingerprint density at radius 1 is 1.21 bits per heavy atom. The zero-order valence-corrected chi connectivity index (χ0v) is 13.1. The van der Waals surface area contributed by atoms with Gasteiger partial charge in [-0.1, -0.05) is 25.4 Å². The van der Waals surface area contributed by atoms with Crippen molar-refractivity contribution in [3.8, 4) is 5.75 Å². The van der Waals surface area contributed by atoms with E-state index >= 15 is 0 Å². The van der Waals surface area contributed by atoms with E-state index in [1.165, 1.54) is 0 Å². The Hall–Kier alpha value is -0.770. The number of hydrogen-bond acceptors (Lipinski definition) is 3. The van der Waals surface area contributed by atoms with Crippen LogP contribution >= 0.6 is 11.6 Å². The summed E-state index contributed by atoms with van der Waals surface area (Å²) in [6, 6.07) is 6.10. The molecule has 0 aromatic heterocycles. The van der Waals surface area contributed by atoms with Crippen molar-refractivity contribution in [1.29, 1.82) is 0 Å². The third-order valence-corrected chi connectivity index (χ3v) is 3.12. The molecule has 0 aliphatic carbocycles. The molecule has 19 heavy (non-hydrogen) atoms. The van der Waals surface area contributed by atoms with E-state index in [0.29, 0.717) is 12.0 Å². The first-order valence-corrected chi connectivity index (χ1v) is 7.17. The molecule has 0 aliphatic rings. The van der Waals surface area contributed by atoms with Crippen LogP contribution in [0.4, 0.5) is 0 Å². The zero-order chi connectivity index (χ0) is 14.3. The first-order valence-electron chi connectivity index (χ1n) is 6.79. The Balaban J connectivity index is 2.41. The highest BCUT2D eigenvalue weighted by atomic mass is 35.5. The van der Waals surface area contributed by atoms with Crippen molar-refractivity contribution in [2.75, 3.05) is 20.2 Å². The van der Waals surface area contributed by atoms with Gasteiger partial charge in [-0.3, -0.25) is 0 Å². The molecule has 0 fully saturated rings. The Labute approximate surface area is 121 Å². The number of halogens is 1. The van der Waals surface area contributed by atoms with Gasteiger partial charge in [-0.25, -0.2) is 0 Å². The Morgan fingerprint density at radius 3 is 2.58 bits per heavy atom. The summed E-state index contributed by atoms with van der Waals surface area (Å²) in [7, 11) is 1.68. The van der Waals surface area contributed by atoms with Crippen molar-refractivity contribution in [2.45, 2.75) is 33.4 Å². The average molecular weight is 285 g/mol. The molecule has 1 unspecified atom stereocenters. The highest BCUT2D eigenvalue weighted by Gasteiger charge is 2.06. The highest BCUT2D eigenvalue weighted by Crippen LogP contribution is 2.22. The Morgan fingerprint density at radius 2 is 1.95 bits per heavy atom. The molecule has 3 nitrogen and oxygen atoms in total. The summed E-state index contributed by atoms with van der Waals surface area (Å²) in [4.78, 5) is 0. The summed E-state index contributed by atoms with van der Waals surface area (Å²) in [6.45, 7) is 9.36. The zero-order valence-electron chi connectivity index (χ0n) is 12.3. The molecule has 0 radical (unpaired) electrons. The van der Waals surface area contributed by atoms with Crippen LogP contribution in [0, 0.1) is 5.92 Å². The highest BCUT2D eigenvalue weighted by molar-refractivity contribution is 6.30. The van der Waals surface area contributed by atoms with Crippen LogP contribution in [0.3, 0.4) is 0 Å². The normalized spacial score (nSPS) is 12.7. The molecule has 0 aliphatic heterocycles. The van der Waals surface area contributed by atoms with E-state index in [1.54, 1.807) is 7.11 Å². The second kappa shape index (κ2) is 8.41. The summed E-state index contributed by atoms with van der Waals surface area (Å²) in [5.74, 6) is 1.56. The smallest absolute Gasteiger partial charge is 0.123 e. The predicted octanol–water partition coefficient (Wildman–Crippen LogP) is 3.07. The topological polar surface area (TPSA) is 33.3 Å². The van der Waals surface area contributed by atoms with Crippen molar-refractivity contribution in [1.82, 2.24) is 10.6 Å². The maximum Gasteiger partial charge on any atom is 0.123 e. The fraction of sp³-hybridized carbons (Fsp3) is 0.600. The van der Waals surface area contributed by atoms with Gasteiger partial charge in [0.1, 0.15) is 5.75 Å². The van der Waals surface area contributed by atoms with Gasteiger partial charge in [-0.15, -0.1) is 0 Å². The van der Waals surface area contributed by atoms with E-state index in [4.69, 9.17) is 16.3 Å². The lowest BCUT2D eigenvalue weighted by Gasteiger charge is -2.17. The van der Waals surface area contributed by atoms with Crippen LogP contribution in [0.15, 0.2) is 18.2 Å². The molecule has 0 spiro atoms. The van der Waals surface area contributed by atoms with Gasteiger partial charge in [-0.2, -0.15) is 0 Å². The first-order chi connectivity index (χ1) is 9.02. The lowest BCUT2D eigenvalue weighted by atomic mass is 10.2. The third-order valence-electron chi connectivity index (χ3n) is 2.89. The fourth-order valence-corrected chi connectivity index (χ4v) is 2.02. The molecule has 0 amide bonds. The molecule has 0 saturated heterocycles. The molecule has 1 atom stereocenters.